The molecule has 0 fully saturated rings. The van der Waals surface area contributed by atoms with Crippen LogP contribution in [-0.4, -0.2) is 21.7 Å². The maximum absolute atomic E-state index is 13.6. The van der Waals surface area contributed by atoms with E-state index in [-0.39, 0.29) is 23.4 Å². The summed E-state index contributed by atoms with van der Waals surface area (Å²) in [4.78, 5) is 13.6. The van der Waals surface area contributed by atoms with Gasteiger partial charge in [-0.3, -0.25) is 9.36 Å². The Kier molecular flexibility index (Phi) is 4.55. The summed E-state index contributed by atoms with van der Waals surface area (Å²) in [5.41, 5.74) is -1.85. The predicted molar refractivity (Wildman–Crippen MR) is 108 cm³/mol. The number of carbonyl (C=O) groups excluding carboxylic acids is 1. The fourth-order valence-corrected chi connectivity index (χ4v) is 4.98. The molecule has 0 saturated heterocycles. The Morgan fingerprint density at radius 2 is 1.89 bits per heavy atom. The standard InChI is InChI=1S/C21H17ClF3NOS/c1-3-13-15-10-12(22)8-9-17(15)26-18(13)14-6-4-5-7-16(14)20(2,19(26)27)11-28-21(23,24)25/h4-10H,3,11H2,1-2H3/t20-/m0/s1. The minimum Gasteiger partial charge on any atom is -0.279 e. The number of benzene rings is 2. The molecule has 0 saturated carbocycles. The van der Waals surface area contributed by atoms with Gasteiger partial charge in [0, 0.05) is 21.7 Å². The molecule has 0 spiro atoms. The summed E-state index contributed by atoms with van der Waals surface area (Å²) in [7, 11) is 0. The van der Waals surface area contributed by atoms with Gasteiger partial charge in [0.1, 0.15) is 0 Å². The zero-order valence-corrected chi connectivity index (χ0v) is 16.8. The van der Waals surface area contributed by atoms with Gasteiger partial charge in [-0.1, -0.05) is 42.8 Å². The fourth-order valence-electron chi connectivity index (χ4n) is 4.08. The normalized spacial score (nSPS) is 19.0. The molecule has 0 unspecified atom stereocenters. The second kappa shape index (κ2) is 6.56. The molecule has 2 heterocycles. The van der Waals surface area contributed by atoms with Crippen LogP contribution in [0.5, 0.6) is 0 Å². The molecule has 1 aromatic heterocycles. The number of nitrogens with zero attached hydrogens (tertiary/aromatic N) is 1. The third kappa shape index (κ3) is 2.85. The molecule has 0 radical (unpaired) electrons. The lowest BCUT2D eigenvalue weighted by atomic mass is 9.77. The van der Waals surface area contributed by atoms with Crippen molar-refractivity contribution in [1.82, 2.24) is 4.57 Å². The molecule has 4 rings (SSSR count). The Labute approximate surface area is 169 Å². The first-order valence-corrected chi connectivity index (χ1v) is 10.2. The third-order valence-electron chi connectivity index (χ3n) is 5.36. The van der Waals surface area contributed by atoms with Crippen molar-refractivity contribution >= 4 is 40.2 Å². The Morgan fingerprint density at radius 3 is 2.57 bits per heavy atom. The highest BCUT2D eigenvalue weighted by Gasteiger charge is 2.46. The molecule has 0 amide bonds. The molecule has 3 aromatic rings. The largest absolute Gasteiger partial charge is 0.441 e. The summed E-state index contributed by atoms with van der Waals surface area (Å²) in [6, 6.07) is 12.5. The van der Waals surface area contributed by atoms with Gasteiger partial charge in [-0.2, -0.15) is 13.2 Å². The van der Waals surface area contributed by atoms with Crippen molar-refractivity contribution in [1.29, 1.82) is 0 Å². The summed E-state index contributed by atoms with van der Waals surface area (Å²) in [6.07, 6.45) is 0.675. The van der Waals surface area contributed by atoms with Crippen LogP contribution in [0.15, 0.2) is 42.5 Å². The number of thioether (sulfide) groups is 1. The first-order chi connectivity index (χ1) is 13.2. The van der Waals surface area contributed by atoms with E-state index in [1.54, 1.807) is 35.8 Å². The van der Waals surface area contributed by atoms with E-state index in [0.717, 1.165) is 22.2 Å². The second-order valence-electron chi connectivity index (χ2n) is 7.09. The van der Waals surface area contributed by atoms with Crippen LogP contribution in [0.3, 0.4) is 0 Å². The van der Waals surface area contributed by atoms with E-state index in [1.807, 2.05) is 25.1 Å². The lowest BCUT2D eigenvalue weighted by Gasteiger charge is -2.36. The van der Waals surface area contributed by atoms with E-state index in [2.05, 4.69) is 0 Å². The minimum atomic E-state index is -4.40. The molecule has 146 valence electrons. The third-order valence-corrected chi connectivity index (χ3v) is 6.65. The number of alkyl halides is 3. The van der Waals surface area contributed by atoms with Gasteiger partial charge < -0.3 is 0 Å². The number of fused-ring (bicyclic) bond motifs is 5. The van der Waals surface area contributed by atoms with E-state index in [4.69, 9.17) is 11.6 Å². The lowest BCUT2D eigenvalue weighted by molar-refractivity contribution is -0.0329. The van der Waals surface area contributed by atoms with E-state index >= 15 is 0 Å². The van der Waals surface area contributed by atoms with Crippen LogP contribution in [0.1, 0.15) is 29.8 Å². The second-order valence-corrected chi connectivity index (χ2v) is 8.57. The predicted octanol–water partition coefficient (Wildman–Crippen LogP) is 6.69. The number of halogens is 4. The zero-order chi connectivity index (χ0) is 20.3. The van der Waals surface area contributed by atoms with E-state index in [0.29, 0.717) is 22.5 Å². The number of aryl methyl sites for hydroxylation is 1. The van der Waals surface area contributed by atoms with Gasteiger partial charge in [-0.15, -0.1) is 0 Å². The van der Waals surface area contributed by atoms with Crippen molar-refractivity contribution in [3.63, 3.8) is 0 Å². The first-order valence-electron chi connectivity index (χ1n) is 8.85. The van der Waals surface area contributed by atoms with Gasteiger partial charge in [0.25, 0.3) is 0 Å². The van der Waals surface area contributed by atoms with E-state index in [1.165, 1.54) is 0 Å². The van der Waals surface area contributed by atoms with Crippen molar-refractivity contribution in [2.45, 2.75) is 31.2 Å². The molecule has 2 nitrogen and oxygen atoms in total. The molecule has 0 N–H and O–H groups in total. The van der Waals surface area contributed by atoms with Gasteiger partial charge >= 0.3 is 5.51 Å². The monoisotopic (exact) mass is 423 g/mol. The molecule has 0 aliphatic carbocycles. The minimum absolute atomic E-state index is 0.154. The average molecular weight is 424 g/mol. The van der Waals surface area contributed by atoms with Gasteiger partial charge in [0.05, 0.1) is 16.6 Å². The summed E-state index contributed by atoms with van der Waals surface area (Å²) in [5, 5.41) is 1.42. The molecular formula is C21H17ClF3NOS. The zero-order valence-electron chi connectivity index (χ0n) is 15.2. The number of hydrogen-bond acceptors (Lipinski definition) is 2. The highest BCUT2D eigenvalue weighted by molar-refractivity contribution is 8.00. The van der Waals surface area contributed by atoms with Crippen molar-refractivity contribution < 1.29 is 18.0 Å². The summed E-state index contributed by atoms with van der Waals surface area (Å²) in [5.74, 6) is -0.717. The molecule has 1 aliphatic heterocycles. The van der Waals surface area contributed by atoms with Gasteiger partial charge in [0.2, 0.25) is 5.91 Å². The SMILES string of the molecule is CCc1c2n(c3ccc(Cl)cc13)C(=O)[C@@](C)(CSC(F)(F)F)c1ccccc1-2. The van der Waals surface area contributed by atoms with Crippen LogP contribution in [-0.2, 0) is 11.8 Å². The van der Waals surface area contributed by atoms with Crippen LogP contribution in [0.25, 0.3) is 22.2 Å². The number of hydrogen-bond donors (Lipinski definition) is 0. The quantitative estimate of drug-likeness (QED) is 0.468. The summed E-state index contributed by atoms with van der Waals surface area (Å²) >= 11 is 6.03. The molecular weight excluding hydrogens is 407 g/mol. The number of rotatable bonds is 3. The maximum atomic E-state index is 13.6. The average Bonchev–Trinajstić information content (AvgIpc) is 2.97. The lowest BCUT2D eigenvalue weighted by Crippen LogP contribution is -2.43. The Balaban J connectivity index is 2.03. The van der Waals surface area contributed by atoms with Crippen LogP contribution >= 0.6 is 23.4 Å². The topological polar surface area (TPSA) is 22.0 Å². The maximum Gasteiger partial charge on any atom is 0.441 e. The van der Waals surface area contributed by atoms with Crippen LogP contribution in [0, 0.1) is 0 Å². The van der Waals surface area contributed by atoms with Crippen LogP contribution in [0.2, 0.25) is 5.02 Å². The molecule has 7 heteroatoms. The Morgan fingerprint density at radius 1 is 1.18 bits per heavy atom. The van der Waals surface area contributed by atoms with Gasteiger partial charge in [0.15, 0.2) is 0 Å². The Bertz CT molecular complexity index is 1100. The smallest absolute Gasteiger partial charge is 0.279 e. The molecule has 28 heavy (non-hydrogen) atoms. The van der Waals surface area contributed by atoms with Crippen molar-refractivity contribution in [3.05, 3.63) is 58.6 Å². The van der Waals surface area contributed by atoms with E-state index in [9.17, 15) is 18.0 Å². The molecule has 1 atom stereocenters. The van der Waals surface area contributed by atoms with Gasteiger partial charge in [-0.05, 0) is 54.4 Å². The first kappa shape index (κ1) is 19.4. The van der Waals surface area contributed by atoms with Crippen molar-refractivity contribution in [2.75, 3.05) is 5.75 Å². The highest BCUT2D eigenvalue weighted by atomic mass is 35.5. The van der Waals surface area contributed by atoms with E-state index < -0.39 is 10.9 Å². The molecule has 2 aromatic carbocycles. The van der Waals surface area contributed by atoms with Crippen LogP contribution < -0.4 is 0 Å². The van der Waals surface area contributed by atoms with Crippen LogP contribution in [0.4, 0.5) is 13.2 Å². The van der Waals surface area contributed by atoms with Crippen molar-refractivity contribution in [2.24, 2.45) is 0 Å². The Hall–Kier alpha value is -1.92. The highest BCUT2D eigenvalue weighted by Crippen LogP contribution is 2.48. The molecule has 1 aliphatic rings. The van der Waals surface area contributed by atoms with Crippen molar-refractivity contribution in [3.8, 4) is 11.3 Å². The number of carbonyl (C=O) groups is 1. The fraction of sp³-hybridized carbons (Fsp3) is 0.286. The summed E-state index contributed by atoms with van der Waals surface area (Å²) < 4.78 is 40.5. The molecule has 0 bridgehead atoms. The van der Waals surface area contributed by atoms with Gasteiger partial charge in [-0.25, -0.2) is 0 Å². The number of aromatic nitrogens is 1. The summed E-state index contributed by atoms with van der Waals surface area (Å²) in [6.45, 7) is 3.60.